The van der Waals surface area contributed by atoms with Gasteiger partial charge in [-0.05, 0) is 0 Å². The highest BCUT2D eigenvalue weighted by Gasteiger charge is 2.67. The Hall–Kier alpha value is -2.01. The molecule has 0 aliphatic carbocycles. The van der Waals surface area contributed by atoms with Crippen LogP contribution in [0.15, 0.2) is 12.4 Å². The van der Waals surface area contributed by atoms with Crippen LogP contribution in [0.2, 0.25) is 0 Å². The second-order valence-corrected chi connectivity index (χ2v) is 6.18. The molecule has 164 valence electrons. The minimum absolute atomic E-state index is 0.525. The van der Waals surface area contributed by atoms with Crippen LogP contribution in [0.3, 0.4) is 0 Å². The maximum Gasteiger partial charge on any atom is 0.466 e. The minimum atomic E-state index is -6.94. The summed E-state index contributed by atoms with van der Waals surface area (Å²) in [5, 5.41) is -4.98. The molecule has 0 rings (SSSR count). The molecule has 0 aromatic rings. The van der Waals surface area contributed by atoms with Crippen molar-refractivity contribution >= 4 is 22.0 Å². The molecule has 0 aliphatic heterocycles. The van der Waals surface area contributed by atoms with Gasteiger partial charge in [-0.3, -0.25) is 4.79 Å². The van der Waals surface area contributed by atoms with Crippen molar-refractivity contribution < 1.29 is 67.2 Å². The van der Waals surface area contributed by atoms with E-state index in [9.17, 15) is 57.7 Å². The first kappa shape index (κ1) is 26.0. The topological polar surface area (TPSA) is 122 Å². The van der Waals surface area contributed by atoms with Gasteiger partial charge in [0.05, 0.1) is 6.61 Å². The second kappa shape index (κ2) is 8.16. The van der Waals surface area contributed by atoms with Gasteiger partial charge < -0.3 is 19.3 Å². The number of amides is 1. The SMILES string of the molecule is C=C(F)C(=O)OC(OCCC(F)(F)C(F)(F)S(=O)(=O)[O-])(C(=O)NC)C(F)(F)F. The molecule has 0 radical (unpaired) electrons. The van der Waals surface area contributed by atoms with Crippen LogP contribution < -0.4 is 5.32 Å². The molecule has 0 fully saturated rings. The fourth-order valence-corrected chi connectivity index (χ4v) is 1.88. The molecule has 8 nitrogen and oxygen atoms in total. The summed E-state index contributed by atoms with van der Waals surface area (Å²) in [6, 6.07) is 0. The van der Waals surface area contributed by atoms with Gasteiger partial charge in [-0.1, -0.05) is 6.58 Å². The fraction of sp³-hybridized carbons (Fsp3) is 0.636. The van der Waals surface area contributed by atoms with Gasteiger partial charge in [-0.2, -0.15) is 35.1 Å². The van der Waals surface area contributed by atoms with Crippen molar-refractivity contribution in [2.75, 3.05) is 13.7 Å². The number of hydrogen-bond donors (Lipinski definition) is 1. The van der Waals surface area contributed by atoms with Gasteiger partial charge in [0.2, 0.25) is 5.83 Å². The van der Waals surface area contributed by atoms with E-state index in [0.717, 1.165) is 0 Å². The molecule has 17 heteroatoms. The normalized spacial score (nSPS) is 15.5. The molecule has 0 aromatic carbocycles. The van der Waals surface area contributed by atoms with Gasteiger partial charge in [0.25, 0.3) is 0 Å². The Morgan fingerprint density at radius 1 is 1.11 bits per heavy atom. The van der Waals surface area contributed by atoms with Crippen molar-refractivity contribution in [2.45, 2.75) is 29.6 Å². The summed E-state index contributed by atoms with van der Waals surface area (Å²) in [5.74, 6) is -17.6. The summed E-state index contributed by atoms with van der Waals surface area (Å²) in [5.41, 5.74) is 0. The van der Waals surface area contributed by atoms with Gasteiger partial charge in [0.1, 0.15) is 0 Å². The minimum Gasteiger partial charge on any atom is -0.743 e. The Bertz CT molecular complexity index is 736. The number of nitrogens with one attached hydrogen (secondary N) is 1. The summed E-state index contributed by atoms with van der Waals surface area (Å²) < 4.78 is 142. The van der Waals surface area contributed by atoms with Crippen LogP contribution in [0.25, 0.3) is 0 Å². The first-order valence-electron chi connectivity index (χ1n) is 6.48. The molecular weight excluding hydrogens is 442 g/mol. The van der Waals surface area contributed by atoms with E-state index >= 15 is 0 Å². The Balaban J connectivity index is 5.85. The zero-order chi connectivity index (χ0) is 22.8. The van der Waals surface area contributed by atoms with Crippen molar-refractivity contribution in [3.05, 3.63) is 12.4 Å². The number of esters is 1. The second-order valence-electron chi connectivity index (χ2n) is 4.76. The molecule has 0 aliphatic rings. The highest BCUT2D eigenvalue weighted by atomic mass is 32.2. The van der Waals surface area contributed by atoms with E-state index in [0.29, 0.717) is 7.05 Å². The molecule has 0 saturated carbocycles. The average molecular weight is 452 g/mol. The van der Waals surface area contributed by atoms with Crippen molar-refractivity contribution in [3.63, 3.8) is 0 Å². The molecule has 1 N–H and O–H groups in total. The van der Waals surface area contributed by atoms with Crippen molar-refractivity contribution in [2.24, 2.45) is 0 Å². The van der Waals surface area contributed by atoms with Crippen LogP contribution in [0.4, 0.5) is 35.1 Å². The molecule has 1 unspecified atom stereocenters. The lowest BCUT2D eigenvalue weighted by Gasteiger charge is -2.33. The Labute approximate surface area is 151 Å². The zero-order valence-corrected chi connectivity index (χ0v) is 14.2. The largest absolute Gasteiger partial charge is 0.743 e. The van der Waals surface area contributed by atoms with E-state index in [2.05, 4.69) is 16.1 Å². The third-order valence-electron chi connectivity index (χ3n) is 2.82. The van der Waals surface area contributed by atoms with Crippen LogP contribution in [0.1, 0.15) is 6.42 Å². The predicted molar refractivity (Wildman–Crippen MR) is 69.4 cm³/mol. The monoisotopic (exact) mass is 452 g/mol. The predicted octanol–water partition coefficient (Wildman–Crippen LogP) is 1.20. The summed E-state index contributed by atoms with van der Waals surface area (Å²) in [6.07, 6.45) is -8.61. The summed E-state index contributed by atoms with van der Waals surface area (Å²) in [7, 11) is -6.42. The van der Waals surface area contributed by atoms with Gasteiger partial charge in [0, 0.05) is 13.5 Å². The van der Waals surface area contributed by atoms with Crippen molar-refractivity contribution in [3.8, 4) is 0 Å². The number of halogens is 8. The van der Waals surface area contributed by atoms with Crippen LogP contribution in [0, 0.1) is 0 Å². The lowest BCUT2D eigenvalue weighted by Crippen LogP contribution is -2.61. The molecular formula is C11H10F8NO7S-. The van der Waals surface area contributed by atoms with Crippen LogP contribution in [0.5, 0.6) is 0 Å². The van der Waals surface area contributed by atoms with E-state index < -0.39 is 64.0 Å². The number of hydrogen-bond acceptors (Lipinski definition) is 7. The van der Waals surface area contributed by atoms with Crippen LogP contribution >= 0.6 is 0 Å². The summed E-state index contributed by atoms with van der Waals surface area (Å²) in [6.45, 7) is 0.0716. The van der Waals surface area contributed by atoms with Gasteiger partial charge in [-0.25, -0.2) is 13.2 Å². The highest BCUT2D eigenvalue weighted by Crippen LogP contribution is 2.42. The maximum absolute atomic E-state index is 13.3. The smallest absolute Gasteiger partial charge is 0.466 e. The summed E-state index contributed by atoms with van der Waals surface area (Å²) >= 11 is 0. The van der Waals surface area contributed by atoms with E-state index in [1.807, 2.05) is 0 Å². The molecule has 0 aromatic heterocycles. The fourth-order valence-electron chi connectivity index (χ4n) is 1.41. The number of alkyl halides is 7. The first-order valence-corrected chi connectivity index (χ1v) is 7.89. The molecule has 0 heterocycles. The third kappa shape index (κ3) is 5.07. The first-order chi connectivity index (χ1) is 12.3. The lowest BCUT2D eigenvalue weighted by atomic mass is 10.2. The number of ether oxygens (including phenoxy) is 2. The molecule has 0 saturated heterocycles. The average Bonchev–Trinajstić information content (AvgIpc) is 2.50. The lowest BCUT2D eigenvalue weighted by molar-refractivity contribution is -0.349. The highest BCUT2D eigenvalue weighted by molar-refractivity contribution is 7.86. The van der Waals surface area contributed by atoms with E-state index in [4.69, 9.17) is 0 Å². The molecule has 1 amide bonds. The summed E-state index contributed by atoms with van der Waals surface area (Å²) in [4.78, 5) is 22.5. The molecule has 1 atom stereocenters. The van der Waals surface area contributed by atoms with Gasteiger partial charge in [0.15, 0.2) is 10.1 Å². The van der Waals surface area contributed by atoms with Crippen molar-refractivity contribution in [1.82, 2.24) is 5.32 Å². The number of carbonyl (C=O) groups is 2. The van der Waals surface area contributed by atoms with Gasteiger partial charge in [-0.15, -0.1) is 0 Å². The van der Waals surface area contributed by atoms with Crippen molar-refractivity contribution in [1.29, 1.82) is 0 Å². The Kier molecular flexibility index (Phi) is 7.57. The van der Waals surface area contributed by atoms with E-state index in [1.54, 1.807) is 0 Å². The standard InChI is InChI=1S/C11H11F8NO7S/c1-5(12)6(21)27-9(7(22)20-2,10(15,16)17)26-4-3-8(13,14)11(18,19)28(23,24)25/h1,3-4H2,2H3,(H,20,22)(H,23,24,25)/p-1. The Morgan fingerprint density at radius 3 is 1.89 bits per heavy atom. The third-order valence-corrected chi connectivity index (χ3v) is 3.74. The number of carbonyl (C=O) groups excluding carboxylic acids is 2. The quantitative estimate of drug-likeness (QED) is 0.183. The number of likely N-dealkylation sites (N-methyl/N-ethyl adjacent to an activating group) is 1. The van der Waals surface area contributed by atoms with Crippen LogP contribution in [-0.4, -0.2) is 61.6 Å². The number of rotatable bonds is 9. The van der Waals surface area contributed by atoms with Gasteiger partial charge >= 0.3 is 35.0 Å². The molecule has 0 spiro atoms. The molecule has 0 bridgehead atoms. The van der Waals surface area contributed by atoms with E-state index in [1.165, 1.54) is 5.32 Å². The van der Waals surface area contributed by atoms with Crippen LogP contribution in [-0.2, 0) is 29.2 Å². The Morgan fingerprint density at radius 2 is 1.57 bits per heavy atom. The maximum atomic E-state index is 13.3. The zero-order valence-electron chi connectivity index (χ0n) is 13.4. The van der Waals surface area contributed by atoms with E-state index in [-0.39, 0.29) is 0 Å². The molecule has 28 heavy (non-hydrogen) atoms.